The first-order valence-corrected chi connectivity index (χ1v) is 21.9. The molecule has 0 saturated carbocycles. The van der Waals surface area contributed by atoms with Gasteiger partial charge in [0.2, 0.25) is 0 Å². The van der Waals surface area contributed by atoms with Gasteiger partial charge in [-0.1, -0.05) is 115 Å². The van der Waals surface area contributed by atoms with E-state index in [0.29, 0.717) is 11.8 Å². The van der Waals surface area contributed by atoms with Gasteiger partial charge in [0.15, 0.2) is 0 Å². The Kier molecular flexibility index (Phi) is 14.5. The number of hydrogen-bond acceptors (Lipinski definition) is 0. The van der Waals surface area contributed by atoms with Crippen molar-refractivity contribution in [2.24, 2.45) is 0 Å². The minimum absolute atomic E-state index is 0.602. The Labute approximate surface area is 258 Å². The third-order valence-electron chi connectivity index (χ3n) is 6.78. The maximum atomic E-state index is 4.93. The molecular formula is C35H42Cl2SiZr. The van der Waals surface area contributed by atoms with Gasteiger partial charge in [0.25, 0.3) is 0 Å². The molecule has 0 N–H and O–H groups in total. The van der Waals surface area contributed by atoms with E-state index in [0.717, 1.165) is 9.52 Å². The van der Waals surface area contributed by atoms with E-state index in [1.165, 1.54) is 60.5 Å². The van der Waals surface area contributed by atoms with E-state index in [4.69, 9.17) is 17.0 Å². The summed E-state index contributed by atoms with van der Waals surface area (Å²) in [7, 11) is 11.0. The fourth-order valence-corrected chi connectivity index (χ4v) is 4.79. The van der Waals surface area contributed by atoms with Crippen LogP contribution >= 0.6 is 17.0 Å². The summed E-state index contributed by atoms with van der Waals surface area (Å²) in [4.78, 5) is 0. The van der Waals surface area contributed by atoms with Crippen molar-refractivity contribution in [3.05, 3.63) is 107 Å². The topological polar surface area (TPSA) is 0 Å². The molecule has 5 rings (SSSR count). The summed E-state index contributed by atoms with van der Waals surface area (Å²) in [5.41, 5.74) is 9.66. The number of hydrogen-bond donors (Lipinski definition) is 0. The van der Waals surface area contributed by atoms with E-state index in [-0.39, 0.29) is 0 Å². The Morgan fingerprint density at radius 3 is 1.77 bits per heavy atom. The van der Waals surface area contributed by atoms with E-state index < -0.39 is 20.8 Å². The van der Waals surface area contributed by atoms with Gasteiger partial charge in [-0.25, -0.2) is 0 Å². The van der Waals surface area contributed by atoms with Gasteiger partial charge in [-0.3, -0.25) is 0 Å². The predicted octanol–water partition coefficient (Wildman–Crippen LogP) is 12.1. The van der Waals surface area contributed by atoms with Crippen molar-refractivity contribution in [2.45, 2.75) is 73.4 Å². The molecule has 0 aliphatic carbocycles. The number of rotatable bonds is 3. The van der Waals surface area contributed by atoms with Crippen LogP contribution in [0.25, 0.3) is 32.7 Å². The molecule has 0 unspecified atom stereocenters. The van der Waals surface area contributed by atoms with Gasteiger partial charge >= 0.3 is 37.9 Å². The maximum absolute atomic E-state index is 4.93. The molecule has 0 aromatic heterocycles. The summed E-state index contributed by atoms with van der Waals surface area (Å²) >= 11 is -0.826. The van der Waals surface area contributed by atoms with Crippen LogP contribution in [0.15, 0.2) is 78.9 Å². The van der Waals surface area contributed by atoms with E-state index in [1.54, 1.807) is 0 Å². The second-order valence-corrected chi connectivity index (χ2v) is 15.4. The van der Waals surface area contributed by atoms with E-state index in [1.807, 2.05) is 0 Å². The van der Waals surface area contributed by atoms with E-state index in [9.17, 15) is 0 Å². The zero-order chi connectivity index (χ0) is 29.1. The molecule has 0 bridgehead atoms. The Morgan fingerprint density at radius 2 is 1.23 bits per heavy atom. The molecule has 0 heterocycles. The zero-order valence-electron chi connectivity index (χ0n) is 24.9. The third-order valence-corrected chi connectivity index (χ3v) is 6.78. The fourth-order valence-electron chi connectivity index (χ4n) is 4.79. The second kappa shape index (κ2) is 16.7. The summed E-state index contributed by atoms with van der Waals surface area (Å²) in [6.07, 6.45) is 0. The molecule has 0 aliphatic heterocycles. The van der Waals surface area contributed by atoms with E-state index >= 15 is 0 Å². The standard InChI is InChI=1S/C17H15.C16H21.C2H6Si.2ClH.Zr/c1-12-10-16-13(2)8-9-15(17(16)11-12)14-6-4-3-5-7-14;1-10(2)13-8-15-12(5)6-7-14(11(3)4)16(15)9-13;1-3-2;;;/h3-11H,1-2H3;6-11H,1-5H3;1-2H3;2*1H;/q2*-1;;;;+4/p-2. The van der Waals surface area contributed by atoms with Gasteiger partial charge in [-0.2, -0.15) is 12.1 Å². The van der Waals surface area contributed by atoms with Crippen LogP contribution in [0.2, 0.25) is 13.1 Å². The molecule has 2 radical (unpaired) electrons. The molecule has 0 saturated heterocycles. The molecule has 0 atom stereocenters. The van der Waals surface area contributed by atoms with Gasteiger partial charge in [0.1, 0.15) is 0 Å². The van der Waals surface area contributed by atoms with Crippen LogP contribution in [0.5, 0.6) is 0 Å². The molecule has 0 aliphatic rings. The summed E-state index contributed by atoms with van der Waals surface area (Å²) in [5.74, 6) is 1.22. The Morgan fingerprint density at radius 1 is 0.692 bits per heavy atom. The summed E-state index contributed by atoms with van der Waals surface area (Å²) in [6.45, 7) is 19.9. The summed E-state index contributed by atoms with van der Waals surface area (Å²) in [6, 6.07) is 28.9. The Bertz CT molecular complexity index is 1430. The molecular weight excluding hydrogens is 611 g/mol. The average molecular weight is 653 g/mol. The first-order valence-electron chi connectivity index (χ1n) is 13.6. The van der Waals surface area contributed by atoms with Crippen molar-refractivity contribution in [3.8, 4) is 11.1 Å². The summed E-state index contributed by atoms with van der Waals surface area (Å²) in [5, 5.41) is 5.64. The van der Waals surface area contributed by atoms with Crippen molar-refractivity contribution < 1.29 is 20.8 Å². The predicted molar refractivity (Wildman–Crippen MR) is 176 cm³/mol. The molecule has 39 heavy (non-hydrogen) atoms. The van der Waals surface area contributed by atoms with Crippen molar-refractivity contribution in [1.82, 2.24) is 0 Å². The van der Waals surface area contributed by atoms with E-state index in [2.05, 4.69) is 140 Å². The van der Waals surface area contributed by atoms with Crippen molar-refractivity contribution in [3.63, 3.8) is 0 Å². The Balaban J connectivity index is 0.000000229. The minimum atomic E-state index is -0.826. The average Bonchev–Trinajstić information content (AvgIpc) is 3.52. The number of fused-ring (bicyclic) bond motifs is 2. The molecule has 4 heteroatoms. The number of aryl methyl sites for hydroxylation is 3. The number of benzene rings is 3. The van der Waals surface area contributed by atoms with Crippen LogP contribution in [0, 0.1) is 20.8 Å². The Hall–Kier alpha value is -1.44. The fraction of sp³-hybridized carbons (Fsp3) is 0.314. The molecule has 0 fully saturated rings. The van der Waals surface area contributed by atoms with Crippen molar-refractivity contribution >= 4 is 48.1 Å². The molecule has 0 nitrogen and oxygen atoms in total. The second-order valence-electron chi connectivity index (χ2n) is 10.6. The van der Waals surface area contributed by atoms with Crippen LogP contribution in [0.4, 0.5) is 0 Å². The van der Waals surface area contributed by atoms with Crippen LogP contribution in [-0.4, -0.2) is 9.52 Å². The molecule has 0 spiro atoms. The third kappa shape index (κ3) is 9.29. The van der Waals surface area contributed by atoms with Crippen molar-refractivity contribution in [1.29, 1.82) is 0 Å². The zero-order valence-corrected chi connectivity index (χ0v) is 29.9. The first-order chi connectivity index (χ1) is 18.6. The number of halogens is 2. The van der Waals surface area contributed by atoms with Gasteiger partial charge in [-0.15, -0.1) is 68.1 Å². The van der Waals surface area contributed by atoms with Crippen LogP contribution in [0.3, 0.4) is 0 Å². The molecule has 5 aromatic rings. The normalized spacial score (nSPS) is 10.4. The summed E-state index contributed by atoms with van der Waals surface area (Å²) < 4.78 is 0. The van der Waals surface area contributed by atoms with Gasteiger partial charge < -0.3 is 0 Å². The molecule has 0 amide bonds. The van der Waals surface area contributed by atoms with Crippen LogP contribution in [0.1, 0.15) is 67.3 Å². The van der Waals surface area contributed by atoms with Gasteiger partial charge in [-0.05, 0) is 17.4 Å². The van der Waals surface area contributed by atoms with Crippen LogP contribution in [-0.2, 0) is 20.8 Å². The van der Waals surface area contributed by atoms with Crippen molar-refractivity contribution in [2.75, 3.05) is 0 Å². The SMILES string of the molecule is C[Si]C.Cc1cc2c(-c3ccccc3)ccc(C)c2[cH-]1.Cc1ccc(C(C)C)c2cc(C(C)C)[cH-]c12.[Cl][Zr+2][Cl]. The van der Waals surface area contributed by atoms with Gasteiger partial charge in [0, 0.05) is 9.52 Å². The van der Waals surface area contributed by atoms with Crippen LogP contribution < -0.4 is 0 Å². The van der Waals surface area contributed by atoms with Gasteiger partial charge in [0.05, 0.1) is 0 Å². The molecule has 204 valence electrons. The monoisotopic (exact) mass is 650 g/mol. The first kappa shape index (κ1) is 33.8. The molecule has 5 aromatic carbocycles. The quantitative estimate of drug-likeness (QED) is 0.134.